The van der Waals surface area contributed by atoms with Gasteiger partial charge in [-0.3, -0.25) is 0 Å². The zero-order valence-electron chi connectivity index (χ0n) is 6.22. The lowest BCUT2D eigenvalue weighted by molar-refractivity contribution is 0.0787. The van der Waals surface area contributed by atoms with Gasteiger partial charge in [-0.15, -0.1) is 0 Å². The van der Waals surface area contributed by atoms with Crippen molar-refractivity contribution in [2.45, 2.75) is 6.92 Å². The smallest absolute Gasteiger partial charge is 0.451 e. The minimum Gasteiger partial charge on any atom is -0.451 e. The summed E-state index contributed by atoms with van der Waals surface area (Å²) in [6, 6.07) is 0. The maximum absolute atomic E-state index is 9.89. The van der Waals surface area contributed by atoms with E-state index in [4.69, 9.17) is 10.2 Å². The minimum atomic E-state index is -1.72. The molecule has 0 aromatic rings. The Hall–Kier alpha value is -1.44. The molecule has 0 bridgehead atoms. The van der Waals surface area contributed by atoms with E-state index in [1.165, 1.54) is 6.92 Å². The first kappa shape index (κ1) is 10.6. The van der Waals surface area contributed by atoms with E-state index in [2.05, 4.69) is 14.0 Å². The van der Waals surface area contributed by atoms with Crippen LogP contribution in [0.1, 0.15) is 6.92 Å². The van der Waals surface area contributed by atoms with E-state index in [-0.39, 0.29) is 6.61 Å². The molecule has 0 radical (unpaired) electrons. The lowest BCUT2D eigenvalue weighted by Gasteiger charge is -2.07. The van der Waals surface area contributed by atoms with Crippen molar-refractivity contribution >= 4 is 19.6 Å². The van der Waals surface area contributed by atoms with Gasteiger partial charge in [0.15, 0.2) is 0 Å². The van der Waals surface area contributed by atoms with Gasteiger partial charge < -0.3 is 24.2 Å². The molecule has 8 heteroatoms. The maximum atomic E-state index is 9.89. The second-order valence-corrected chi connectivity index (χ2v) is 1.51. The van der Waals surface area contributed by atoms with Gasteiger partial charge in [0.05, 0.1) is 0 Å². The third-order valence-electron chi connectivity index (χ3n) is 0.697. The van der Waals surface area contributed by atoms with Crippen LogP contribution in [-0.4, -0.2) is 36.5 Å². The molecule has 0 aromatic carbocycles. The summed E-state index contributed by atoms with van der Waals surface area (Å²) in [7, 11) is -1.72. The Labute approximate surface area is 68.0 Å². The Morgan fingerprint density at radius 1 is 1.25 bits per heavy atom. The highest BCUT2D eigenvalue weighted by atomic mass is 16.8. The molecule has 12 heavy (non-hydrogen) atoms. The Morgan fingerprint density at radius 2 is 1.67 bits per heavy atom. The maximum Gasteiger partial charge on any atom is 0.796 e. The van der Waals surface area contributed by atoms with Gasteiger partial charge in [-0.2, -0.15) is 0 Å². The van der Waals surface area contributed by atoms with Crippen LogP contribution in [0.4, 0.5) is 9.59 Å². The molecule has 0 aliphatic carbocycles. The molecule has 0 aromatic heterocycles. The van der Waals surface area contributed by atoms with Gasteiger partial charge in [-0.25, -0.2) is 9.59 Å². The zero-order chi connectivity index (χ0) is 9.56. The van der Waals surface area contributed by atoms with E-state index in [1.807, 2.05) is 0 Å². The molecule has 0 aliphatic rings. The monoisotopic (exact) mass is 178 g/mol. The van der Waals surface area contributed by atoms with Crippen molar-refractivity contribution in [3.63, 3.8) is 0 Å². The van der Waals surface area contributed by atoms with Gasteiger partial charge in [-0.1, -0.05) is 0 Å². The summed E-state index contributed by atoms with van der Waals surface area (Å²) >= 11 is 0. The standard InChI is InChI=1S/C4H7BO7/c1-2-10-5(11-3(6)7)12-4(8)9/h2H2,1H3,(H,6,7)(H,8,9). The summed E-state index contributed by atoms with van der Waals surface area (Å²) in [5.74, 6) is 0. The van der Waals surface area contributed by atoms with Gasteiger partial charge >= 0.3 is 19.6 Å². The van der Waals surface area contributed by atoms with Crippen molar-refractivity contribution in [2.24, 2.45) is 0 Å². The summed E-state index contributed by atoms with van der Waals surface area (Å²) in [4.78, 5) is 19.8. The van der Waals surface area contributed by atoms with Crippen LogP contribution in [0, 0.1) is 0 Å². The SMILES string of the molecule is CCOB(OC(=O)O)OC(=O)O. The highest BCUT2D eigenvalue weighted by molar-refractivity contribution is 6.41. The molecule has 0 amide bonds. The first-order valence-corrected chi connectivity index (χ1v) is 2.97. The quantitative estimate of drug-likeness (QED) is 0.600. The van der Waals surface area contributed by atoms with Crippen LogP contribution in [0.5, 0.6) is 0 Å². The number of hydrogen-bond acceptors (Lipinski definition) is 5. The van der Waals surface area contributed by atoms with Crippen molar-refractivity contribution in [3.05, 3.63) is 0 Å². The highest BCUT2D eigenvalue weighted by Gasteiger charge is 2.31. The molecule has 0 heterocycles. The summed E-state index contributed by atoms with van der Waals surface area (Å²) in [6.45, 7) is 1.61. The summed E-state index contributed by atoms with van der Waals surface area (Å²) in [5, 5.41) is 16.1. The van der Waals surface area contributed by atoms with Crippen molar-refractivity contribution in [1.29, 1.82) is 0 Å². The second-order valence-electron chi connectivity index (χ2n) is 1.51. The Morgan fingerprint density at radius 3 is 1.92 bits per heavy atom. The molecule has 2 N–H and O–H groups in total. The molecular formula is C4H7BO7. The van der Waals surface area contributed by atoms with Gasteiger partial charge in [0.2, 0.25) is 0 Å². The third-order valence-corrected chi connectivity index (χ3v) is 0.697. The number of rotatable bonds is 4. The van der Waals surface area contributed by atoms with Gasteiger partial charge in [0.25, 0.3) is 0 Å². The van der Waals surface area contributed by atoms with Crippen molar-refractivity contribution in [3.8, 4) is 0 Å². The lowest BCUT2D eigenvalue weighted by atomic mass is 10.2. The number of hydrogen-bond donors (Lipinski definition) is 2. The van der Waals surface area contributed by atoms with E-state index in [9.17, 15) is 9.59 Å². The molecule has 0 saturated carbocycles. The molecule has 0 unspecified atom stereocenters. The molecule has 68 valence electrons. The molecular weight excluding hydrogens is 171 g/mol. The van der Waals surface area contributed by atoms with Gasteiger partial charge in [0, 0.05) is 6.61 Å². The first-order valence-electron chi connectivity index (χ1n) is 2.97. The predicted molar refractivity (Wildman–Crippen MR) is 35.6 cm³/mol. The summed E-state index contributed by atoms with van der Waals surface area (Å²) in [6.07, 6.45) is -3.34. The highest BCUT2D eigenvalue weighted by Crippen LogP contribution is 1.93. The fourth-order valence-electron chi connectivity index (χ4n) is 0.393. The first-order chi connectivity index (χ1) is 5.56. The van der Waals surface area contributed by atoms with Crippen molar-refractivity contribution in [2.75, 3.05) is 6.61 Å². The largest absolute Gasteiger partial charge is 0.796 e. The topological polar surface area (TPSA) is 102 Å². The van der Waals surface area contributed by atoms with Crippen LogP contribution in [0.15, 0.2) is 0 Å². The Balaban J connectivity index is 3.85. The summed E-state index contributed by atoms with van der Waals surface area (Å²) < 4.78 is 12.2. The van der Waals surface area contributed by atoms with Gasteiger partial charge in [-0.05, 0) is 6.92 Å². The van der Waals surface area contributed by atoms with E-state index in [0.29, 0.717) is 0 Å². The predicted octanol–water partition coefficient (Wildman–Crippen LogP) is 0.397. The lowest BCUT2D eigenvalue weighted by Crippen LogP contribution is -2.31. The van der Waals surface area contributed by atoms with Crippen molar-refractivity contribution in [1.82, 2.24) is 0 Å². The van der Waals surface area contributed by atoms with Crippen molar-refractivity contribution < 1.29 is 33.8 Å². The van der Waals surface area contributed by atoms with Crippen LogP contribution >= 0.6 is 0 Å². The van der Waals surface area contributed by atoms with Gasteiger partial charge in [0.1, 0.15) is 0 Å². The molecule has 0 fully saturated rings. The average molecular weight is 178 g/mol. The second kappa shape index (κ2) is 5.25. The number of carboxylic acid groups (broad SMARTS) is 2. The van der Waals surface area contributed by atoms with Crippen LogP contribution < -0.4 is 0 Å². The van der Waals surface area contributed by atoms with Crippen LogP contribution in [0.25, 0.3) is 0 Å². The zero-order valence-corrected chi connectivity index (χ0v) is 6.22. The molecule has 7 nitrogen and oxygen atoms in total. The molecule has 0 rings (SSSR count). The fourth-order valence-corrected chi connectivity index (χ4v) is 0.393. The fraction of sp³-hybridized carbons (Fsp3) is 0.500. The van der Waals surface area contributed by atoms with E-state index in [1.54, 1.807) is 0 Å². The van der Waals surface area contributed by atoms with E-state index < -0.39 is 19.6 Å². The molecule has 0 atom stereocenters. The molecule has 0 aliphatic heterocycles. The van der Waals surface area contributed by atoms with E-state index in [0.717, 1.165) is 0 Å². The molecule has 0 spiro atoms. The average Bonchev–Trinajstić information content (AvgIpc) is 1.84. The van der Waals surface area contributed by atoms with E-state index >= 15 is 0 Å². The normalized spacial score (nSPS) is 8.75. The Bertz CT molecular complexity index is 153. The van der Waals surface area contributed by atoms with Crippen LogP contribution in [-0.2, 0) is 14.0 Å². The minimum absolute atomic E-state index is 0.0746. The van der Waals surface area contributed by atoms with Crippen LogP contribution in [0.3, 0.4) is 0 Å². The third kappa shape index (κ3) is 5.36. The Kier molecular flexibility index (Phi) is 4.62. The number of carbonyl (C=O) groups is 2. The van der Waals surface area contributed by atoms with Crippen LogP contribution in [0.2, 0.25) is 0 Å². The molecule has 0 saturated heterocycles. The summed E-state index contributed by atoms with van der Waals surface area (Å²) in [5.41, 5.74) is 0.